The van der Waals surface area contributed by atoms with Gasteiger partial charge in [-0.3, -0.25) is 9.59 Å². The van der Waals surface area contributed by atoms with Crippen LogP contribution in [0.4, 0.5) is 0 Å². The van der Waals surface area contributed by atoms with Gasteiger partial charge in [-0.1, -0.05) is 6.08 Å². The number of esters is 2. The van der Waals surface area contributed by atoms with Crippen LogP contribution in [0.5, 0.6) is 0 Å². The molecule has 1 atom stereocenters. The summed E-state index contributed by atoms with van der Waals surface area (Å²) in [6, 6.07) is -0.710. The number of methoxy groups -OCH3 is 2. The zero-order chi connectivity index (χ0) is 14.0. The van der Waals surface area contributed by atoms with Crippen molar-refractivity contribution in [3.63, 3.8) is 0 Å². The predicted molar refractivity (Wildman–Crippen MR) is 64.6 cm³/mol. The van der Waals surface area contributed by atoms with Gasteiger partial charge in [-0.25, -0.2) is 4.79 Å². The lowest BCUT2D eigenvalue weighted by Crippen LogP contribution is -2.41. The molecule has 18 heavy (non-hydrogen) atoms. The molecule has 0 bridgehead atoms. The highest BCUT2D eigenvalue weighted by atomic mass is 16.5. The molecule has 0 aromatic carbocycles. The maximum absolute atomic E-state index is 11.5. The smallest absolute Gasteiger partial charge is 0.328 e. The topological polar surface area (TPSA) is 81.7 Å². The third kappa shape index (κ3) is 6.67. The summed E-state index contributed by atoms with van der Waals surface area (Å²) in [5.74, 6) is -1.37. The molecule has 0 aromatic rings. The normalized spacial score (nSPS) is 11.2. The quantitative estimate of drug-likeness (QED) is 0.507. The van der Waals surface area contributed by atoms with Crippen molar-refractivity contribution in [2.45, 2.75) is 31.7 Å². The number of allylic oxidation sites excluding steroid dienone is 1. The van der Waals surface area contributed by atoms with Gasteiger partial charge < -0.3 is 14.8 Å². The molecule has 0 saturated heterocycles. The zero-order valence-electron chi connectivity index (χ0n) is 10.7. The van der Waals surface area contributed by atoms with E-state index in [2.05, 4.69) is 21.4 Å². The second-order valence-electron chi connectivity index (χ2n) is 3.59. The van der Waals surface area contributed by atoms with E-state index in [-0.39, 0.29) is 18.7 Å². The van der Waals surface area contributed by atoms with Gasteiger partial charge in [0.1, 0.15) is 6.04 Å². The summed E-state index contributed by atoms with van der Waals surface area (Å²) in [4.78, 5) is 33.7. The van der Waals surface area contributed by atoms with Gasteiger partial charge >= 0.3 is 11.9 Å². The number of carbonyl (C=O) groups is 3. The second kappa shape index (κ2) is 9.21. The lowest BCUT2D eigenvalue weighted by atomic mass is 10.1. The summed E-state index contributed by atoms with van der Waals surface area (Å²) in [7, 11) is 2.51. The molecular formula is C12H19NO5. The molecule has 1 amide bonds. The van der Waals surface area contributed by atoms with Crippen molar-refractivity contribution in [3.8, 4) is 0 Å². The molecule has 0 fully saturated rings. The Balaban J connectivity index is 4.21. The van der Waals surface area contributed by atoms with E-state index >= 15 is 0 Å². The minimum absolute atomic E-state index is 0.0162. The number of rotatable bonds is 8. The fourth-order valence-corrected chi connectivity index (χ4v) is 1.26. The average Bonchev–Trinajstić information content (AvgIpc) is 2.39. The molecule has 6 heteroatoms. The largest absolute Gasteiger partial charge is 0.469 e. The molecule has 0 aliphatic carbocycles. The van der Waals surface area contributed by atoms with Crippen LogP contribution in [0, 0.1) is 0 Å². The van der Waals surface area contributed by atoms with Crippen LogP contribution >= 0.6 is 0 Å². The number of carbonyl (C=O) groups excluding carboxylic acids is 3. The minimum Gasteiger partial charge on any atom is -0.469 e. The van der Waals surface area contributed by atoms with E-state index in [4.69, 9.17) is 0 Å². The van der Waals surface area contributed by atoms with Crippen molar-refractivity contribution < 1.29 is 23.9 Å². The molecule has 1 N–H and O–H groups in total. The number of nitrogens with one attached hydrogen (secondary N) is 1. The Hall–Kier alpha value is -1.85. The third-order valence-electron chi connectivity index (χ3n) is 2.26. The van der Waals surface area contributed by atoms with E-state index in [0.717, 1.165) is 0 Å². The highest BCUT2D eigenvalue weighted by Gasteiger charge is 2.20. The van der Waals surface area contributed by atoms with E-state index in [0.29, 0.717) is 12.8 Å². The maximum Gasteiger partial charge on any atom is 0.328 e. The van der Waals surface area contributed by atoms with Crippen molar-refractivity contribution in [2.24, 2.45) is 0 Å². The number of hydrogen-bond acceptors (Lipinski definition) is 5. The second-order valence-corrected chi connectivity index (χ2v) is 3.59. The van der Waals surface area contributed by atoms with Gasteiger partial charge in [0.05, 0.1) is 20.6 Å². The summed E-state index contributed by atoms with van der Waals surface area (Å²) < 4.78 is 8.99. The van der Waals surface area contributed by atoms with E-state index < -0.39 is 18.0 Å². The van der Waals surface area contributed by atoms with Crippen molar-refractivity contribution in [1.82, 2.24) is 5.32 Å². The van der Waals surface area contributed by atoms with E-state index in [1.807, 2.05) is 0 Å². The van der Waals surface area contributed by atoms with Crippen LogP contribution in [0.25, 0.3) is 0 Å². The SMILES string of the molecule is C=CCC[C@@H](NC(=O)CCC(=O)OC)C(=O)OC. The first-order chi connectivity index (χ1) is 8.54. The summed E-state index contributed by atoms with van der Waals surface area (Å²) >= 11 is 0. The summed E-state index contributed by atoms with van der Waals surface area (Å²) in [6.07, 6.45) is 2.61. The molecule has 0 aliphatic heterocycles. The standard InChI is InChI=1S/C12H19NO5/c1-4-5-6-9(12(16)18-3)13-10(14)7-8-11(15)17-2/h4,9H,1,5-8H2,2-3H3,(H,13,14)/t9-/m1/s1. The Bertz CT molecular complexity index is 314. The average molecular weight is 257 g/mol. The zero-order valence-corrected chi connectivity index (χ0v) is 10.7. The Labute approximate surface area is 106 Å². The van der Waals surface area contributed by atoms with Crippen LogP contribution in [0.1, 0.15) is 25.7 Å². The summed E-state index contributed by atoms with van der Waals surface area (Å²) in [5.41, 5.74) is 0. The fourth-order valence-electron chi connectivity index (χ4n) is 1.26. The maximum atomic E-state index is 11.5. The van der Waals surface area contributed by atoms with Crippen molar-refractivity contribution in [1.29, 1.82) is 0 Å². The lowest BCUT2D eigenvalue weighted by molar-refractivity contribution is -0.145. The van der Waals surface area contributed by atoms with Crippen molar-refractivity contribution >= 4 is 17.8 Å². The third-order valence-corrected chi connectivity index (χ3v) is 2.26. The van der Waals surface area contributed by atoms with Gasteiger partial charge in [-0.2, -0.15) is 0 Å². The van der Waals surface area contributed by atoms with Crippen LogP contribution in [0.2, 0.25) is 0 Å². The van der Waals surface area contributed by atoms with Crippen LogP contribution in [-0.4, -0.2) is 38.1 Å². The van der Waals surface area contributed by atoms with Gasteiger partial charge in [0, 0.05) is 6.42 Å². The number of ether oxygens (including phenoxy) is 2. The molecule has 102 valence electrons. The first kappa shape index (κ1) is 16.1. The molecule has 0 heterocycles. The highest BCUT2D eigenvalue weighted by molar-refractivity contribution is 5.86. The molecule has 0 saturated carbocycles. The Morgan fingerprint density at radius 1 is 1.22 bits per heavy atom. The van der Waals surface area contributed by atoms with Crippen LogP contribution in [-0.2, 0) is 23.9 Å². The van der Waals surface area contributed by atoms with E-state index in [1.54, 1.807) is 6.08 Å². The minimum atomic E-state index is -0.710. The van der Waals surface area contributed by atoms with Crippen molar-refractivity contribution in [3.05, 3.63) is 12.7 Å². The van der Waals surface area contributed by atoms with Gasteiger partial charge in [0.15, 0.2) is 0 Å². The van der Waals surface area contributed by atoms with Crippen LogP contribution in [0.3, 0.4) is 0 Å². The molecule has 0 aromatic heterocycles. The van der Waals surface area contributed by atoms with Gasteiger partial charge in [0.2, 0.25) is 5.91 Å². The number of amides is 1. The first-order valence-electron chi connectivity index (χ1n) is 5.60. The number of hydrogen-bond donors (Lipinski definition) is 1. The van der Waals surface area contributed by atoms with E-state index in [1.165, 1.54) is 14.2 Å². The highest BCUT2D eigenvalue weighted by Crippen LogP contribution is 2.02. The van der Waals surface area contributed by atoms with E-state index in [9.17, 15) is 14.4 Å². The Morgan fingerprint density at radius 2 is 1.89 bits per heavy atom. The van der Waals surface area contributed by atoms with Gasteiger partial charge in [-0.15, -0.1) is 6.58 Å². The summed E-state index contributed by atoms with van der Waals surface area (Å²) in [6.45, 7) is 3.54. The lowest BCUT2D eigenvalue weighted by Gasteiger charge is -2.15. The summed E-state index contributed by atoms with van der Waals surface area (Å²) in [5, 5.41) is 2.51. The molecular weight excluding hydrogens is 238 g/mol. The van der Waals surface area contributed by atoms with Crippen molar-refractivity contribution in [2.75, 3.05) is 14.2 Å². The monoisotopic (exact) mass is 257 g/mol. The molecule has 0 unspecified atom stereocenters. The Kier molecular flexibility index (Phi) is 8.26. The van der Waals surface area contributed by atoms with Crippen LogP contribution < -0.4 is 5.32 Å². The molecule has 6 nitrogen and oxygen atoms in total. The van der Waals surface area contributed by atoms with Gasteiger partial charge in [-0.05, 0) is 12.8 Å². The molecule has 0 spiro atoms. The van der Waals surface area contributed by atoms with Gasteiger partial charge in [0.25, 0.3) is 0 Å². The Morgan fingerprint density at radius 3 is 2.39 bits per heavy atom. The molecule has 0 radical (unpaired) electrons. The first-order valence-corrected chi connectivity index (χ1v) is 5.60. The van der Waals surface area contributed by atoms with Crippen LogP contribution in [0.15, 0.2) is 12.7 Å². The molecule has 0 rings (SSSR count). The molecule has 0 aliphatic rings. The predicted octanol–water partition coefficient (Wildman–Crippen LogP) is 0.564. The fraction of sp³-hybridized carbons (Fsp3) is 0.583.